The van der Waals surface area contributed by atoms with Crippen LogP contribution in [0.25, 0.3) is 11.1 Å². The van der Waals surface area contributed by atoms with E-state index in [1.807, 2.05) is 48.5 Å². The summed E-state index contributed by atoms with van der Waals surface area (Å²) in [7, 11) is 0. The summed E-state index contributed by atoms with van der Waals surface area (Å²) >= 11 is 0. The van der Waals surface area contributed by atoms with Crippen LogP contribution in [-0.4, -0.2) is 65.3 Å². The van der Waals surface area contributed by atoms with E-state index in [2.05, 4.69) is 46.7 Å². The summed E-state index contributed by atoms with van der Waals surface area (Å²) in [6, 6.07) is 24.4. The fraction of sp³-hybridized carbons (Fsp3) is 0.474. The highest BCUT2D eigenvalue weighted by atomic mass is 16.7. The number of hydrogen-bond acceptors (Lipinski definition) is 7. The monoisotopic (exact) mass is 643 g/mol. The highest BCUT2D eigenvalue weighted by Gasteiger charge is 2.40. The maximum atomic E-state index is 12.4. The first-order valence-corrected chi connectivity index (χ1v) is 16.9. The molecule has 5 unspecified atom stereocenters. The fourth-order valence-corrected chi connectivity index (χ4v) is 6.43. The van der Waals surface area contributed by atoms with Crippen molar-refractivity contribution in [1.29, 1.82) is 0 Å². The lowest BCUT2D eigenvalue weighted by atomic mass is 9.90. The van der Waals surface area contributed by atoms with Crippen molar-refractivity contribution in [2.75, 3.05) is 26.2 Å². The molecule has 2 fully saturated rings. The van der Waals surface area contributed by atoms with E-state index in [4.69, 9.17) is 9.47 Å². The van der Waals surface area contributed by atoms with Crippen molar-refractivity contribution in [3.05, 3.63) is 95.1 Å². The average molecular weight is 644 g/mol. The molecule has 252 valence electrons. The van der Waals surface area contributed by atoms with Crippen molar-refractivity contribution >= 4 is 11.8 Å². The molecule has 0 aromatic heterocycles. The Labute approximate surface area is 278 Å². The van der Waals surface area contributed by atoms with Crippen LogP contribution in [0.1, 0.15) is 80.6 Å². The minimum absolute atomic E-state index is 0.00447. The molecule has 2 heterocycles. The Balaban J connectivity index is 1.25. The number of likely N-dealkylation sites (tertiary alicyclic amines) is 1. The maximum absolute atomic E-state index is 12.4. The summed E-state index contributed by atoms with van der Waals surface area (Å²) in [5.74, 6) is 0.0695. The molecule has 5 atom stereocenters. The molecule has 0 spiro atoms. The van der Waals surface area contributed by atoms with Crippen LogP contribution in [0.15, 0.2) is 72.8 Å². The molecule has 3 aromatic carbocycles. The second kappa shape index (κ2) is 17.0. The summed E-state index contributed by atoms with van der Waals surface area (Å²) in [5, 5.41) is 25.5. The molecule has 2 aliphatic heterocycles. The lowest BCUT2D eigenvalue weighted by Crippen LogP contribution is -2.44. The minimum atomic E-state index is -0.577. The Morgan fingerprint density at radius 1 is 0.894 bits per heavy atom. The number of aliphatic hydroxyl groups excluding tert-OH is 2. The van der Waals surface area contributed by atoms with Crippen molar-refractivity contribution in [2.45, 2.75) is 83.7 Å². The molecule has 5 rings (SSSR count). The normalized spacial score (nSPS) is 23.0. The van der Waals surface area contributed by atoms with Crippen LogP contribution in [-0.2, 0) is 32.2 Å². The highest BCUT2D eigenvalue weighted by molar-refractivity contribution is 5.76. The van der Waals surface area contributed by atoms with E-state index in [0.717, 1.165) is 65.6 Å². The molecule has 47 heavy (non-hydrogen) atoms. The first-order chi connectivity index (χ1) is 22.8. The fourth-order valence-electron chi connectivity index (χ4n) is 6.43. The molecule has 0 aliphatic carbocycles. The predicted molar refractivity (Wildman–Crippen MR) is 181 cm³/mol. The van der Waals surface area contributed by atoms with Gasteiger partial charge in [-0.15, -0.1) is 0 Å². The van der Waals surface area contributed by atoms with Crippen LogP contribution in [0.4, 0.5) is 0 Å². The van der Waals surface area contributed by atoms with Gasteiger partial charge in [0.05, 0.1) is 24.9 Å². The van der Waals surface area contributed by atoms with Crippen LogP contribution >= 0.6 is 0 Å². The predicted octanol–water partition coefficient (Wildman–Crippen LogP) is 5.02. The molecule has 4 N–H and O–H groups in total. The first-order valence-electron chi connectivity index (χ1n) is 16.9. The molecule has 2 saturated heterocycles. The van der Waals surface area contributed by atoms with Crippen molar-refractivity contribution in [2.24, 2.45) is 5.92 Å². The quantitative estimate of drug-likeness (QED) is 0.182. The number of carbonyl (C=O) groups excluding carboxylic acids is 2. The molecule has 9 nitrogen and oxygen atoms in total. The molecule has 0 bridgehead atoms. The van der Waals surface area contributed by atoms with Crippen LogP contribution in [0.5, 0.6) is 0 Å². The zero-order chi connectivity index (χ0) is 33.2. The number of rotatable bonds is 14. The van der Waals surface area contributed by atoms with Crippen LogP contribution in [0, 0.1) is 5.92 Å². The first kappa shape index (κ1) is 34.7. The number of benzene rings is 3. The summed E-state index contributed by atoms with van der Waals surface area (Å²) in [6.45, 7) is 6.98. The maximum Gasteiger partial charge on any atom is 0.220 e. The van der Waals surface area contributed by atoms with E-state index in [1.165, 1.54) is 6.92 Å². The van der Waals surface area contributed by atoms with Gasteiger partial charge in [0.25, 0.3) is 0 Å². The molecular weight excluding hydrogens is 594 g/mol. The van der Waals surface area contributed by atoms with Gasteiger partial charge in [0.15, 0.2) is 6.29 Å². The Morgan fingerprint density at radius 2 is 1.66 bits per heavy atom. The van der Waals surface area contributed by atoms with Crippen LogP contribution in [0.3, 0.4) is 0 Å². The van der Waals surface area contributed by atoms with E-state index < -0.39 is 6.29 Å². The van der Waals surface area contributed by atoms with Gasteiger partial charge in [-0.25, -0.2) is 0 Å². The number of aliphatic hydroxyl groups is 2. The third kappa shape index (κ3) is 9.95. The van der Waals surface area contributed by atoms with Crippen molar-refractivity contribution in [1.82, 2.24) is 15.5 Å². The number of unbranched alkanes of at least 4 members (excludes halogenated alkanes) is 2. The van der Waals surface area contributed by atoms with Gasteiger partial charge < -0.3 is 30.3 Å². The lowest BCUT2D eigenvalue weighted by molar-refractivity contribution is -0.276. The highest BCUT2D eigenvalue weighted by Crippen LogP contribution is 2.42. The smallest absolute Gasteiger partial charge is 0.220 e. The lowest BCUT2D eigenvalue weighted by Gasteiger charge is -2.42. The van der Waals surface area contributed by atoms with Gasteiger partial charge in [-0.3, -0.25) is 14.5 Å². The Morgan fingerprint density at radius 3 is 2.38 bits per heavy atom. The van der Waals surface area contributed by atoms with Crippen molar-refractivity contribution < 1.29 is 29.3 Å². The van der Waals surface area contributed by atoms with E-state index in [0.29, 0.717) is 32.6 Å². The third-order valence-corrected chi connectivity index (χ3v) is 9.17. The van der Waals surface area contributed by atoms with E-state index in [-0.39, 0.29) is 42.7 Å². The molecule has 2 aliphatic rings. The Bertz CT molecular complexity index is 1460. The molecular formula is C38H49N3O6. The van der Waals surface area contributed by atoms with Gasteiger partial charge in [-0.05, 0) is 59.2 Å². The third-order valence-electron chi connectivity index (χ3n) is 9.17. The standard InChI is InChI=1S/C38H49N3O6/c1-26-35(24-41-19-17-34(44)23-41)46-38(47-37(26)30-15-13-28(25-42)14-16-30)33-11-7-10-32(21-33)31-9-6-8-29(20-31)22-40-36(45)12-4-3-5-18-39-27(2)43/h6-11,13-16,20-21,26,34-35,37-38,42,44H,3-5,12,17-19,22-25H2,1-2H3,(H,39,43)(H,40,45). The van der Waals surface area contributed by atoms with Gasteiger partial charge >= 0.3 is 0 Å². The topological polar surface area (TPSA) is 120 Å². The Hall–Kier alpha value is -3.60. The largest absolute Gasteiger partial charge is 0.392 e. The molecule has 0 saturated carbocycles. The summed E-state index contributed by atoms with van der Waals surface area (Å²) < 4.78 is 13.4. The molecule has 3 aromatic rings. The number of β-amino-alcohol motifs (C(OH)–C–C–N with tert-alkyl or cyclic N) is 1. The van der Waals surface area contributed by atoms with Gasteiger partial charge in [0, 0.05) is 57.5 Å². The second-order valence-corrected chi connectivity index (χ2v) is 12.9. The number of ether oxygens (including phenoxy) is 2. The zero-order valence-corrected chi connectivity index (χ0v) is 27.6. The summed E-state index contributed by atoms with van der Waals surface area (Å²) in [4.78, 5) is 25.7. The number of amides is 2. The van der Waals surface area contributed by atoms with Gasteiger partial charge in [0.1, 0.15) is 0 Å². The number of nitrogens with zero attached hydrogens (tertiary/aromatic N) is 1. The van der Waals surface area contributed by atoms with Gasteiger partial charge in [-0.2, -0.15) is 0 Å². The zero-order valence-electron chi connectivity index (χ0n) is 27.6. The minimum Gasteiger partial charge on any atom is -0.392 e. The average Bonchev–Trinajstić information content (AvgIpc) is 3.50. The van der Waals surface area contributed by atoms with Crippen LogP contribution in [0.2, 0.25) is 0 Å². The van der Waals surface area contributed by atoms with E-state index >= 15 is 0 Å². The van der Waals surface area contributed by atoms with E-state index in [1.54, 1.807) is 0 Å². The number of hydrogen-bond donors (Lipinski definition) is 4. The Kier molecular flexibility index (Phi) is 12.6. The van der Waals surface area contributed by atoms with Gasteiger partial charge in [0.2, 0.25) is 11.8 Å². The summed E-state index contributed by atoms with van der Waals surface area (Å²) in [5.41, 5.74) is 5.92. The SMILES string of the molecule is CC(=O)NCCCCCC(=O)NCc1cccc(-c2cccc(C3OC(CN4CCC(O)C4)C(C)C(c4ccc(CO)cc4)O3)c2)c1. The second-order valence-electron chi connectivity index (χ2n) is 12.9. The van der Waals surface area contributed by atoms with Crippen molar-refractivity contribution in [3.63, 3.8) is 0 Å². The molecule has 9 heteroatoms. The van der Waals surface area contributed by atoms with Crippen molar-refractivity contribution in [3.8, 4) is 11.1 Å². The molecule has 2 amide bonds. The van der Waals surface area contributed by atoms with E-state index in [9.17, 15) is 19.8 Å². The van der Waals surface area contributed by atoms with Crippen LogP contribution < -0.4 is 10.6 Å². The number of nitrogens with one attached hydrogen (secondary N) is 2. The number of carbonyl (C=O) groups is 2. The molecule has 0 radical (unpaired) electrons. The van der Waals surface area contributed by atoms with Gasteiger partial charge in [-0.1, -0.05) is 74.0 Å². The summed E-state index contributed by atoms with van der Waals surface area (Å²) in [6.07, 6.45) is 2.62.